The van der Waals surface area contributed by atoms with Gasteiger partial charge in [-0.25, -0.2) is 4.79 Å². The van der Waals surface area contributed by atoms with Gasteiger partial charge in [-0.2, -0.15) is 0 Å². The Labute approximate surface area is 81.7 Å². The van der Waals surface area contributed by atoms with Gasteiger partial charge in [-0.15, -0.1) is 6.42 Å². The summed E-state index contributed by atoms with van der Waals surface area (Å²) in [6, 6.07) is 5.98. The van der Waals surface area contributed by atoms with E-state index >= 15 is 0 Å². The molecule has 0 bridgehead atoms. The van der Waals surface area contributed by atoms with Gasteiger partial charge in [0.15, 0.2) is 0 Å². The molecule has 0 unspecified atom stereocenters. The number of methoxy groups -OCH3 is 1. The first kappa shape index (κ1) is 10.0. The Balaban J connectivity index is 2.96. The van der Waals surface area contributed by atoms with Crippen LogP contribution in [0.15, 0.2) is 24.3 Å². The summed E-state index contributed by atoms with van der Waals surface area (Å²) in [7, 11) is 1.29. The molecule has 0 aromatic heterocycles. The van der Waals surface area contributed by atoms with Crippen molar-refractivity contribution in [2.45, 2.75) is 0 Å². The van der Waals surface area contributed by atoms with Crippen LogP contribution in [0.4, 0.5) is 0 Å². The summed E-state index contributed by atoms with van der Waals surface area (Å²) < 4.78 is 4.50. The summed E-state index contributed by atoms with van der Waals surface area (Å²) >= 11 is 0. The summed E-state index contributed by atoms with van der Waals surface area (Å²) in [5.74, 6) is 1.15. The first-order chi connectivity index (χ1) is 6.69. The lowest BCUT2D eigenvalue weighted by molar-refractivity contribution is 0.0600. The van der Waals surface area contributed by atoms with Crippen molar-refractivity contribution < 1.29 is 14.3 Å². The zero-order chi connectivity index (χ0) is 10.6. The fourth-order valence-electron chi connectivity index (χ4n) is 0.959. The third kappa shape index (κ3) is 1.99. The molecular formula is C11H8O3. The van der Waals surface area contributed by atoms with E-state index in [1.54, 1.807) is 0 Å². The van der Waals surface area contributed by atoms with Gasteiger partial charge in [0, 0.05) is 5.56 Å². The molecule has 0 saturated heterocycles. The second-order valence-electron chi connectivity index (χ2n) is 2.54. The number of hydrogen-bond acceptors (Lipinski definition) is 3. The molecule has 0 N–H and O–H groups in total. The number of carbonyl (C=O) groups is 2. The third-order valence-corrected chi connectivity index (χ3v) is 1.70. The minimum absolute atomic E-state index is 0.389. The van der Waals surface area contributed by atoms with Crippen LogP contribution in [-0.2, 0) is 4.74 Å². The van der Waals surface area contributed by atoms with E-state index < -0.39 is 11.8 Å². The van der Waals surface area contributed by atoms with Gasteiger partial charge in [0.1, 0.15) is 0 Å². The Bertz CT molecular complexity index is 396. The molecule has 0 aliphatic carbocycles. The Hall–Kier alpha value is -2.08. The molecule has 0 fully saturated rings. The van der Waals surface area contributed by atoms with Crippen LogP contribution in [-0.4, -0.2) is 18.9 Å². The van der Waals surface area contributed by atoms with Crippen molar-refractivity contribution in [3.05, 3.63) is 35.4 Å². The van der Waals surface area contributed by atoms with Crippen LogP contribution in [0.2, 0.25) is 0 Å². The fraction of sp³-hybridized carbons (Fsp3) is 0.0909. The van der Waals surface area contributed by atoms with E-state index in [9.17, 15) is 9.59 Å². The Morgan fingerprint density at radius 2 is 1.71 bits per heavy atom. The lowest BCUT2D eigenvalue weighted by Gasteiger charge is -1.98. The maximum atomic E-state index is 11.0. The van der Waals surface area contributed by atoms with Crippen molar-refractivity contribution in [2.75, 3.05) is 7.11 Å². The number of ether oxygens (including phenoxy) is 1. The summed E-state index contributed by atoms with van der Waals surface area (Å²) in [6.07, 6.45) is 4.94. The van der Waals surface area contributed by atoms with Gasteiger partial charge in [-0.05, 0) is 30.2 Å². The van der Waals surface area contributed by atoms with Gasteiger partial charge < -0.3 is 4.74 Å². The van der Waals surface area contributed by atoms with E-state index in [0.29, 0.717) is 11.1 Å². The zero-order valence-electron chi connectivity index (χ0n) is 7.61. The number of carbonyl (C=O) groups excluding carboxylic acids is 2. The van der Waals surface area contributed by atoms with Crippen LogP contribution in [0.25, 0.3) is 0 Å². The standard InChI is InChI=1S/C11H8O3/c1-3-10(12)8-4-6-9(7-5-8)11(13)14-2/h1,4-7H,2H3. The molecule has 0 atom stereocenters. The second-order valence-corrected chi connectivity index (χ2v) is 2.54. The molecule has 0 radical (unpaired) electrons. The summed E-state index contributed by atoms with van der Waals surface area (Å²) in [4.78, 5) is 22.0. The average molecular weight is 188 g/mol. The third-order valence-electron chi connectivity index (χ3n) is 1.70. The lowest BCUT2D eigenvalue weighted by Crippen LogP contribution is -2.02. The Morgan fingerprint density at radius 3 is 2.14 bits per heavy atom. The number of terminal acetylenes is 1. The first-order valence-corrected chi connectivity index (χ1v) is 3.88. The van der Waals surface area contributed by atoms with Crippen molar-refractivity contribution in [3.63, 3.8) is 0 Å². The number of Topliss-reactive ketones (excluding diaryl/α,β-unsaturated/α-hetero) is 1. The van der Waals surface area contributed by atoms with Crippen molar-refractivity contribution >= 4 is 11.8 Å². The number of esters is 1. The second kappa shape index (κ2) is 4.24. The van der Waals surface area contributed by atoms with Crippen molar-refractivity contribution in [1.82, 2.24) is 0 Å². The van der Waals surface area contributed by atoms with Crippen LogP contribution < -0.4 is 0 Å². The van der Waals surface area contributed by atoms with E-state index in [4.69, 9.17) is 6.42 Å². The average Bonchev–Trinajstić information content (AvgIpc) is 2.27. The lowest BCUT2D eigenvalue weighted by atomic mass is 10.1. The zero-order valence-corrected chi connectivity index (χ0v) is 7.61. The molecule has 1 rings (SSSR count). The number of rotatable bonds is 2. The van der Waals surface area contributed by atoms with Crippen molar-refractivity contribution in [2.24, 2.45) is 0 Å². The van der Waals surface area contributed by atoms with Crippen LogP contribution in [0.3, 0.4) is 0 Å². The minimum atomic E-state index is -0.440. The quantitative estimate of drug-likeness (QED) is 0.304. The summed E-state index contributed by atoms with van der Waals surface area (Å²) in [6.45, 7) is 0. The molecule has 1 aromatic carbocycles. The van der Waals surface area contributed by atoms with Gasteiger partial charge >= 0.3 is 5.97 Å². The predicted octanol–water partition coefficient (Wildman–Crippen LogP) is 1.29. The molecule has 3 heteroatoms. The van der Waals surface area contributed by atoms with Crippen molar-refractivity contribution in [3.8, 4) is 12.3 Å². The van der Waals surface area contributed by atoms with E-state index in [1.165, 1.54) is 31.4 Å². The molecule has 0 amide bonds. The van der Waals surface area contributed by atoms with E-state index in [0.717, 1.165) is 0 Å². The molecule has 3 nitrogen and oxygen atoms in total. The van der Waals surface area contributed by atoms with Gasteiger partial charge in [0.05, 0.1) is 12.7 Å². The molecular weight excluding hydrogens is 180 g/mol. The van der Waals surface area contributed by atoms with Gasteiger partial charge in [-0.3, -0.25) is 4.79 Å². The number of hydrogen-bond donors (Lipinski definition) is 0. The van der Waals surface area contributed by atoms with Crippen LogP contribution in [0.5, 0.6) is 0 Å². The smallest absolute Gasteiger partial charge is 0.337 e. The molecule has 1 aromatic rings. The van der Waals surface area contributed by atoms with Crippen LogP contribution in [0.1, 0.15) is 20.7 Å². The topological polar surface area (TPSA) is 43.4 Å². The predicted molar refractivity (Wildman–Crippen MR) is 50.9 cm³/mol. The first-order valence-electron chi connectivity index (χ1n) is 3.88. The monoisotopic (exact) mass is 188 g/mol. The Kier molecular flexibility index (Phi) is 3.03. The SMILES string of the molecule is C#CC(=O)c1ccc(C(=O)OC)cc1. The van der Waals surface area contributed by atoms with E-state index in [2.05, 4.69) is 4.74 Å². The van der Waals surface area contributed by atoms with Crippen LogP contribution >= 0.6 is 0 Å². The van der Waals surface area contributed by atoms with Gasteiger partial charge in [-0.1, -0.05) is 0 Å². The van der Waals surface area contributed by atoms with Crippen LogP contribution in [0, 0.1) is 12.3 Å². The highest BCUT2D eigenvalue weighted by Crippen LogP contribution is 2.05. The van der Waals surface area contributed by atoms with E-state index in [1.807, 2.05) is 5.92 Å². The minimum Gasteiger partial charge on any atom is -0.465 e. The highest BCUT2D eigenvalue weighted by Gasteiger charge is 2.06. The summed E-state index contributed by atoms with van der Waals surface area (Å²) in [5, 5.41) is 0. The normalized spacial score (nSPS) is 8.86. The van der Waals surface area contributed by atoms with Gasteiger partial charge in [0.2, 0.25) is 5.78 Å². The molecule has 0 saturated carbocycles. The number of ketones is 1. The highest BCUT2D eigenvalue weighted by atomic mass is 16.5. The Morgan fingerprint density at radius 1 is 1.21 bits per heavy atom. The van der Waals surface area contributed by atoms with Crippen molar-refractivity contribution in [1.29, 1.82) is 0 Å². The maximum Gasteiger partial charge on any atom is 0.337 e. The summed E-state index contributed by atoms with van der Waals surface area (Å²) in [5.41, 5.74) is 0.779. The maximum absolute atomic E-state index is 11.0. The molecule has 0 heterocycles. The molecule has 0 spiro atoms. The largest absolute Gasteiger partial charge is 0.465 e. The fourth-order valence-corrected chi connectivity index (χ4v) is 0.959. The highest BCUT2D eigenvalue weighted by molar-refractivity contribution is 6.08. The molecule has 0 aliphatic heterocycles. The van der Waals surface area contributed by atoms with Gasteiger partial charge in [0.25, 0.3) is 0 Å². The number of benzene rings is 1. The van der Waals surface area contributed by atoms with E-state index in [-0.39, 0.29) is 0 Å². The molecule has 14 heavy (non-hydrogen) atoms. The molecule has 0 aliphatic rings. The molecule has 70 valence electrons.